The number of ether oxygens (including phenoxy) is 1. The fourth-order valence-corrected chi connectivity index (χ4v) is 4.42. The lowest BCUT2D eigenvalue weighted by atomic mass is 9.98. The van der Waals surface area contributed by atoms with Crippen molar-refractivity contribution >= 4 is 40.1 Å². The molecule has 0 radical (unpaired) electrons. The second-order valence-corrected chi connectivity index (χ2v) is 8.90. The number of carbonyl (C=O) groups is 2. The van der Waals surface area contributed by atoms with E-state index in [0.29, 0.717) is 48.5 Å². The molecule has 10 nitrogen and oxygen atoms in total. The third kappa shape index (κ3) is 4.46. The number of anilines is 1. The summed E-state index contributed by atoms with van der Waals surface area (Å²) in [6, 6.07) is 1.69. The number of aromatic nitrogens is 3. The average molecular weight is 472 g/mol. The van der Waals surface area contributed by atoms with Gasteiger partial charge in [-0.15, -0.1) is 11.3 Å². The van der Waals surface area contributed by atoms with E-state index in [2.05, 4.69) is 15.3 Å². The fourth-order valence-electron chi connectivity index (χ4n) is 3.80. The predicted octanol–water partition coefficient (Wildman–Crippen LogP) is 1.83. The number of fused-ring (bicyclic) bond motifs is 1. The Hall–Kier alpha value is -3.31. The number of aromatic carboxylic acids is 1. The number of aryl methyl sites for hydroxylation is 1. The van der Waals surface area contributed by atoms with E-state index in [4.69, 9.17) is 4.74 Å². The van der Waals surface area contributed by atoms with E-state index in [1.54, 1.807) is 29.1 Å². The molecule has 1 aliphatic rings. The first-order valence-corrected chi connectivity index (χ1v) is 11.5. The van der Waals surface area contributed by atoms with Crippen molar-refractivity contribution in [2.45, 2.75) is 26.8 Å². The van der Waals surface area contributed by atoms with Crippen molar-refractivity contribution in [3.05, 3.63) is 45.2 Å². The van der Waals surface area contributed by atoms with Crippen molar-refractivity contribution < 1.29 is 19.4 Å². The van der Waals surface area contributed by atoms with Crippen LogP contribution in [-0.4, -0.2) is 63.9 Å². The summed E-state index contributed by atoms with van der Waals surface area (Å²) in [4.78, 5) is 47.9. The standard InChI is InChI=1S/C22H25N5O5S/c1-4-32-11-13(3)24-20(29)14-8-26(9-14)16-7-12(2)17-18(28)15(21(30)31)10-27(19(17)25-16)22-23-5-6-33-22/h5-7,10,13-14H,4,8-9,11H2,1-3H3,(H,24,29)(H,30,31)/t13-/m1/s1. The zero-order valence-electron chi connectivity index (χ0n) is 18.6. The lowest BCUT2D eigenvalue weighted by molar-refractivity contribution is -0.126. The summed E-state index contributed by atoms with van der Waals surface area (Å²) in [6.07, 6.45) is 2.88. The minimum absolute atomic E-state index is 0.0261. The maximum absolute atomic E-state index is 12.9. The first kappa shape index (κ1) is 22.9. The Morgan fingerprint density at radius 2 is 2.15 bits per heavy atom. The van der Waals surface area contributed by atoms with Crippen LogP contribution in [-0.2, 0) is 9.53 Å². The minimum Gasteiger partial charge on any atom is -0.477 e. The van der Waals surface area contributed by atoms with Gasteiger partial charge in [-0.1, -0.05) is 0 Å². The maximum atomic E-state index is 12.9. The van der Waals surface area contributed by atoms with Crippen LogP contribution in [0.15, 0.2) is 28.6 Å². The van der Waals surface area contributed by atoms with Crippen LogP contribution < -0.4 is 15.6 Å². The number of thiazole rings is 1. The van der Waals surface area contributed by atoms with E-state index in [0.717, 1.165) is 0 Å². The van der Waals surface area contributed by atoms with Gasteiger partial charge in [0.2, 0.25) is 11.3 Å². The Morgan fingerprint density at radius 1 is 1.39 bits per heavy atom. The largest absolute Gasteiger partial charge is 0.477 e. The van der Waals surface area contributed by atoms with E-state index in [1.165, 1.54) is 17.5 Å². The summed E-state index contributed by atoms with van der Waals surface area (Å²) in [5, 5.41) is 15.0. The smallest absolute Gasteiger partial charge is 0.341 e. The summed E-state index contributed by atoms with van der Waals surface area (Å²) in [5.74, 6) is -0.866. The number of carboxylic acid groups (broad SMARTS) is 1. The van der Waals surface area contributed by atoms with Crippen LogP contribution in [0.25, 0.3) is 16.2 Å². The highest BCUT2D eigenvalue weighted by Gasteiger charge is 2.34. The van der Waals surface area contributed by atoms with Crippen molar-refractivity contribution in [1.82, 2.24) is 19.9 Å². The molecule has 11 heteroatoms. The lowest BCUT2D eigenvalue weighted by Crippen LogP contribution is -2.55. The van der Waals surface area contributed by atoms with Crippen molar-refractivity contribution in [3.63, 3.8) is 0 Å². The normalized spacial score (nSPS) is 14.8. The molecule has 3 aromatic heterocycles. The van der Waals surface area contributed by atoms with Gasteiger partial charge in [-0.05, 0) is 32.4 Å². The van der Waals surface area contributed by atoms with Crippen molar-refractivity contribution in [2.24, 2.45) is 5.92 Å². The average Bonchev–Trinajstić information content (AvgIpc) is 3.25. The van der Waals surface area contributed by atoms with E-state index in [-0.39, 0.29) is 28.8 Å². The van der Waals surface area contributed by atoms with Crippen molar-refractivity contribution in [1.29, 1.82) is 0 Å². The van der Waals surface area contributed by atoms with Gasteiger partial charge >= 0.3 is 5.97 Å². The molecule has 0 unspecified atom stereocenters. The third-order valence-corrected chi connectivity index (χ3v) is 6.31. The molecule has 1 aliphatic heterocycles. The molecule has 4 rings (SSSR count). The summed E-state index contributed by atoms with van der Waals surface area (Å²) in [6.45, 7) is 7.64. The van der Waals surface area contributed by atoms with Gasteiger partial charge in [-0.2, -0.15) is 0 Å². The van der Waals surface area contributed by atoms with Gasteiger partial charge in [-0.3, -0.25) is 14.2 Å². The van der Waals surface area contributed by atoms with E-state index >= 15 is 0 Å². The van der Waals surface area contributed by atoms with Crippen LogP contribution in [0.5, 0.6) is 0 Å². The van der Waals surface area contributed by atoms with Gasteiger partial charge in [0.1, 0.15) is 11.4 Å². The van der Waals surface area contributed by atoms with Gasteiger partial charge in [0.05, 0.1) is 17.9 Å². The second kappa shape index (κ2) is 9.28. The highest BCUT2D eigenvalue weighted by Crippen LogP contribution is 2.28. The molecule has 0 saturated carbocycles. The van der Waals surface area contributed by atoms with Crippen LogP contribution in [0.3, 0.4) is 0 Å². The van der Waals surface area contributed by atoms with Crippen LogP contribution in [0.1, 0.15) is 29.8 Å². The van der Waals surface area contributed by atoms with Gasteiger partial charge in [0.15, 0.2) is 10.8 Å². The predicted molar refractivity (Wildman–Crippen MR) is 125 cm³/mol. The summed E-state index contributed by atoms with van der Waals surface area (Å²) < 4.78 is 6.89. The zero-order valence-corrected chi connectivity index (χ0v) is 19.4. The number of carboxylic acids is 1. The molecule has 1 amide bonds. The zero-order chi connectivity index (χ0) is 23.7. The Labute approximate surface area is 193 Å². The van der Waals surface area contributed by atoms with Crippen molar-refractivity contribution in [2.75, 3.05) is 31.2 Å². The topological polar surface area (TPSA) is 127 Å². The molecular weight excluding hydrogens is 446 g/mol. The molecule has 1 atom stereocenters. The first-order valence-electron chi connectivity index (χ1n) is 10.6. The molecule has 0 bridgehead atoms. The number of pyridine rings is 2. The van der Waals surface area contributed by atoms with Gasteiger partial charge < -0.3 is 20.1 Å². The number of hydrogen-bond acceptors (Lipinski definition) is 8. The van der Waals surface area contributed by atoms with Crippen molar-refractivity contribution in [3.8, 4) is 5.13 Å². The molecular formula is C22H25N5O5S. The summed E-state index contributed by atoms with van der Waals surface area (Å²) >= 11 is 1.31. The molecule has 3 aromatic rings. The highest BCUT2D eigenvalue weighted by atomic mass is 32.1. The Morgan fingerprint density at radius 3 is 2.79 bits per heavy atom. The fraction of sp³-hybridized carbons (Fsp3) is 0.409. The van der Waals surface area contributed by atoms with Gasteiger partial charge in [0, 0.05) is 43.5 Å². The van der Waals surface area contributed by atoms with Gasteiger partial charge in [0.25, 0.3) is 0 Å². The number of hydrogen-bond donors (Lipinski definition) is 2. The monoisotopic (exact) mass is 471 g/mol. The first-order chi connectivity index (χ1) is 15.8. The SMILES string of the molecule is CCOC[C@@H](C)NC(=O)C1CN(c2cc(C)c3c(=O)c(C(=O)O)cn(-c4nccs4)c3n2)C1. The Balaban J connectivity index is 1.63. The molecule has 0 spiro atoms. The van der Waals surface area contributed by atoms with E-state index in [1.807, 2.05) is 18.7 Å². The third-order valence-electron chi connectivity index (χ3n) is 5.53. The molecule has 0 aliphatic carbocycles. The van der Waals surface area contributed by atoms with Crippen LogP contribution in [0.4, 0.5) is 5.82 Å². The molecule has 1 saturated heterocycles. The second-order valence-electron chi connectivity index (χ2n) is 8.03. The molecule has 2 N–H and O–H groups in total. The number of rotatable bonds is 8. The minimum atomic E-state index is -1.30. The quantitative estimate of drug-likeness (QED) is 0.510. The van der Waals surface area contributed by atoms with Gasteiger partial charge in [-0.25, -0.2) is 14.8 Å². The summed E-state index contributed by atoms with van der Waals surface area (Å²) in [7, 11) is 0. The molecule has 1 fully saturated rings. The maximum Gasteiger partial charge on any atom is 0.341 e. The number of nitrogens with one attached hydrogen (secondary N) is 1. The number of nitrogens with zero attached hydrogens (tertiary/aromatic N) is 4. The van der Waals surface area contributed by atoms with Crippen LogP contribution in [0, 0.1) is 12.8 Å². The molecule has 174 valence electrons. The number of amides is 1. The highest BCUT2D eigenvalue weighted by molar-refractivity contribution is 7.12. The Bertz CT molecular complexity index is 1250. The molecule has 4 heterocycles. The lowest BCUT2D eigenvalue weighted by Gasteiger charge is -2.39. The van der Waals surface area contributed by atoms with E-state index in [9.17, 15) is 19.5 Å². The Kier molecular flexibility index (Phi) is 6.43. The van der Waals surface area contributed by atoms with Crippen LogP contribution >= 0.6 is 11.3 Å². The number of carbonyl (C=O) groups excluding carboxylic acids is 1. The summed E-state index contributed by atoms with van der Waals surface area (Å²) in [5.41, 5.74) is 0.0445. The molecule has 33 heavy (non-hydrogen) atoms. The molecule has 0 aromatic carbocycles. The van der Waals surface area contributed by atoms with Crippen LogP contribution in [0.2, 0.25) is 0 Å². The van der Waals surface area contributed by atoms with E-state index < -0.39 is 11.4 Å².